The first kappa shape index (κ1) is 19.0. The number of rotatable bonds is 7. The largest absolute Gasteiger partial charge is 0.497 e. The molecular formula is C17H23N3O4S. The van der Waals surface area contributed by atoms with Crippen molar-refractivity contribution in [2.24, 2.45) is 7.05 Å². The lowest BCUT2D eigenvalue weighted by molar-refractivity contribution is 0.101. The van der Waals surface area contributed by atoms with Crippen molar-refractivity contribution in [1.29, 1.82) is 0 Å². The molecule has 1 aromatic carbocycles. The molecule has 1 aromatic heterocycles. The maximum absolute atomic E-state index is 12.6. The maximum atomic E-state index is 12.6. The zero-order chi connectivity index (χ0) is 18.6. The molecule has 2 aromatic rings. The van der Waals surface area contributed by atoms with Crippen molar-refractivity contribution in [2.75, 3.05) is 25.5 Å². The average Bonchev–Trinajstić information content (AvgIpc) is 2.98. The number of carbonyl (C=O) groups is 1. The summed E-state index contributed by atoms with van der Waals surface area (Å²) in [5.41, 5.74) is 0.826. The topological polar surface area (TPSA) is 80.6 Å². The van der Waals surface area contributed by atoms with Gasteiger partial charge in [-0.1, -0.05) is 19.9 Å². The van der Waals surface area contributed by atoms with Gasteiger partial charge in [0, 0.05) is 38.1 Å². The molecule has 0 atom stereocenters. The van der Waals surface area contributed by atoms with Crippen molar-refractivity contribution >= 4 is 21.6 Å². The number of aryl methyl sites for hydroxylation is 1. The van der Waals surface area contributed by atoms with Gasteiger partial charge >= 0.3 is 0 Å². The van der Waals surface area contributed by atoms with E-state index < -0.39 is 15.9 Å². The number of hydrogen-bond acceptors (Lipinski definition) is 4. The van der Waals surface area contributed by atoms with E-state index in [0.29, 0.717) is 24.5 Å². The summed E-state index contributed by atoms with van der Waals surface area (Å²) in [6.45, 7) is 4.30. The average molecular weight is 365 g/mol. The van der Waals surface area contributed by atoms with Gasteiger partial charge in [0.15, 0.2) is 0 Å². The van der Waals surface area contributed by atoms with Gasteiger partial charge in [0.1, 0.15) is 16.3 Å². The Morgan fingerprint density at radius 2 is 1.92 bits per heavy atom. The molecule has 1 amide bonds. The van der Waals surface area contributed by atoms with E-state index in [1.54, 1.807) is 52.3 Å². The molecular weight excluding hydrogens is 342 g/mol. The smallest absolute Gasteiger partial charge is 0.272 e. The molecule has 0 aliphatic carbocycles. The van der Waals surface area contributed by atoms with Gasteiger partial charge in [0.2, 0.25) is 10.0 Å². The highest BCUT2D eigenvalue weighted by Crippen LogP contribution is 2.21. The lowest BCUT2D eigenvalue weighted by atomic mass is 10.3. The molecule has 0 fully saturated rings. The van der Waals surface area contributed by atoms with E-state index in [9.17, 15) is 13.2 Å². The second kappa shape index (κ2) is 7.71. The minimum Gasteiger partial charge on any atom is -0.497 e. The summed E-state index contributed by atoms with van der Waals surface area (Å²) >= 11 is 0. The van der Waals surface area contributed by atoms with E-state index in [-0.39, 0.29) is 10.6 Å². The second-order valence-corrected chi connectivity index (χ2v) is 7.39. The summed E-state index contributed by atoms with van der Waals surface area (Å²) in [6.07, 6.45) is 1.45. The van der Waals surface area contributed by atoms with Crippen LogP contribution in [0.15, 0.2) is 41.4 Å². The van der Waals surface area contributed by atoms with Crippen LogP contribution in [0.3, 0.4) is 0 Å². The maximum Gasteiger partial charge on any atom is 0.272 e. The number of nitrogens with one attached hydrogen (secondary N) is 1. The van der Waals surface area contributed by atoms with E-state index in [1.807, 2.05) is 0 Å². The minimum atomic E-state index is -3.61. The van der Waals surface area contributed by atoms with Gasteiger partial charge in [-0.3, -0.25) is 4.79 Å². The molecule has 8 heteroatoms. The van der Waals surface area contributed by atoms with Crippen LogP contribution in [0, 0.1) is 0 Å². The summed E-state index contributed by atoms with van der Waals surface area (Å²) in [7, 11) is -0.423. The van der Waals surface area contributed by atoms with Crippen molar-refractivity contribution in [3.8, 4) is 5.75 Å². The quantitative estimate of drug-likeness (QED) is 0.816. The Morgan fingerprint density at radius 1 is 1.24 bits per heavy atom. The SMILES string of the molecule is CCN(CC)S(=O)(=O)c1cc(C(=O)Nc2cccc(OC)c2)n(C)c1. The third kappa shape index (κ3) is 4.02. The fourth-order valence-electron chi connectivity index (χ4n) is 2.51. The van der Waals surface area contributed by atoms with Gasteiger partial charge in [-0.2, -0.15) is 4.31 Å². The summed E-state index contributed by atoms with van der Waals surface area (Å²) in [4.78, 5) is 12.6. The van der Waals surface area contributed by atoms with Crippen LogP contribution in [-0.2, 0) is 17.1 Å². The molecule has 0 aliphatic rings. The van der Waals surface area contributed by atoms with Crippen molar-refractivity contribution < 1.29 is 17.9 Å². The number of ether oxygens (including phenoxy) is 1. The Bertz CT molecular complexity index is 855. The molecule has 2 rings (SSSR count). The van der Waals surface area contributed by atoms with E-state index in [4.69, 9.17) is 4.74 Å². The molecule has 0 saturated carbocycles. The van der Waals surface area contributed by atoms with Gasteiger partial charge in [-0.25, -0.2) is 8.42 Å². The first-order chi connectivity index (χ1) is 11.8. The van der Waals surface area contributed by atoms with Crippen molar-refractivity contribution in [3.05, 3.63) is 42.2 Å². The molecule has 0 spiro atoms. The third-order valence-electron chi connectivity index (χ3n) is 3.88. The Kier molecular flexibility index (Phi) is 5.86. The van der Waals surface area contributed by atoms with Crippen molar-refractivity contribution in [2.45, 2.75) is 18.7 Å². The highest BCUT2D eigenvalue weighted by molar-refractivity contribution is 7.89. The molecule has 7 nitrogen and oxygen atoms in total. The Balaban J connectivity index is 2.28. The molecule has 1 heterocycles. The molecule has 0 aliphatic heterocycles. The van der Waals surface area contributed by atoms with Crippen LogP contribution < -0.4 is 10.1 Å². The highest BCUT2D eigenvalue weighted by Gasteiger charge is 2.25. The van der Waals surface area contributed by atoms with Crippen LogP contribution in [0.2, 0.25) is 0 Å². The molecule has 0 radical (unpaired) electrons. The fraction of sp³-hybridized carbons (Fsp3) is 0.353. The van der Waals surface area contributed by atoms with E-state index in [0.717, 1.165) is 0 Å². The number of methoxy groups -OCH3 is 1. The fourth-order valence-corrected chi connectivity index (χ4v) is 4.04. The van der Waals surface area contributed by atoms with E-state index in [2.05, 4.69) is 5.32 Å². The molecule has 0 unspecified atom stereocenters. The third-order valence-corrected chi connectivity index (χ3v) is 5.90. The number of amides is 1. The first-order valence-electron chi connectivity index (χ1n) is 7.95. The summed E-state index contributed by atoms with van der Waals surface area (Å²) in [6, 6.07) is 8.34. The number of anilines is 1. The number of hydrogen-bond donors (Lipinski definition) is 1. The number of nitrogens with zero attached hydrogens (tertiary/aromatic N) is 2. The van der Waals surface area contributed by atoms with Crippen molar-refractivity contribution in [1.82, 2.24) is 8.87 Å². The Hall–Kier alpha value is -2.32. The summed E-state index contributed by atoms with van der Waals surface area (Å²) in [5.74, 6) is 0.228. The molecule has 25 heavy (non-hydrogen) atoms. The zero-order valence-corrected chi connectivity index (χ0v) is 15.6. The van der Waals surface area contributed by atoms with Crippen molar-refractivity contribution in [3.63, 3.8) is 0 Å². The van der Waals surface area contributed by atoms with E-state index >= 15 is 0 Å². The Labute approximate surface area is 148 Å². The minimum absolute atomic E-state index is 0.106. The lowest BCUT2D eigenvalue weighted by Gasteiger charge is -2.17. The molecule has 0 bridgehead atoms. The number of aromatic nitrogens is 1. The van der Waals surface area contributed by atoms with Crippen LogP contribution in [0.1, 0.15) is 24.3 Å². The number of sulfonamides is 1. The van der Waals surface area contributed by atoms with Crippen LogP contribution >= 0.6 is 0 Å². The van der Waals surface area contributed by atoms with Crippen LogP contribution in [0.25, 0.3) is 0 Å². The van der Waals surface area contributed by atoms with Gasteiger partial charge < -0.3 is 14.6 Å². The van der Waals surface area contributed by atoms with Crippen LogP contribution in [0.4, 0.5) is 5.69 Å². The first-order valence-corrected chi connectivity index (χ1v) is 9.39. The zero-order valence-electron chi connectivity index (χ0n) is 14.8. The van der Waals surface area contributed by atoms with Gasteiger partial charge in [-0.05, 0) is 18.2 Å². The molecule has 136 valence electrons. The Morgan fingerprint density at radius 3 is 2.52 bits per heavy atom. The lowest BCUT2D eigenvalue weighted by Crippen LogP contribution is -2.30. The summed E-state index contributed by atoms with van der Waals surface area (Å²) in [5, 5.41) is 2.75. The second-order valence-electron chi connectivity index (χ2n) is 5.45. The van der Waals surface area contributed by atoms with Crippen LogP contribution in [-0.4, -0.2) is 43.4 Å². The molecule has 0 saturated heterocycles. The number of benzene rings is 1. The summed E-state index contributed by atoms with van der Waals surface area (Å²) < 4.78 is 33.2. The predicted molar refractivity (Wildman–Crippen MR) is 96.5 cm³/mol. The molecule has 1 N–H and O–H groups in total. The van der Waals surface area contributed by atoms with Gasteiger partial charge in [-0.15, -0.1) is 0 Å². The normalized spacial score (nSPS) is 11.6. The standard InChI is InChI=1S/C17H23N3O4S/c1-5-20(6-2)25(22,23)15-11-16(19(3)12-15)17(21)18-13-8-7-9-14(10-13)24-4/h7-12H,5-6H2,1-4H3,(H,18,21). The monoisotopic (exact) mass is 365 g/mol. The predicted octanol–water partition coefficient (Wildman–Crippen LogP) is 2.32. The number of carbonyl (C=O) groups excluding carboxylic acids is 1. The van der Waals surface area contributed by atoms with Gasteiger partial charge in [0.05, 0.1) is 7.11 Å². The highest BCUT2D eigenvalue weighted by atomic mass is 32.2. The van der Waals surface area contributed by atoms with Gasteiger partial charge in [0.25, 0.3) is 5.91 Å². The van der Waals surface area contributed by atoms with E-state index in [1.165, 1.54) is 21.1 Å². The van der Waals surface area contributed by atoms with Crippen LogP contribution in [0.5, 0.6) is 5.75 Å².